The van der Waals surface area contributed by atoms with Gasteiger partial charge in [-0.25, -0.2) is 4.98 Å². The van der Waals surface area contributed by atoms with E-state index in [1.807, 2.05) is 17.7 Å². The first-order valence-electron chi connectivity index (χ1n) is 5.25. The van der Waals surface area contributed by atoms with Crippen molar-refractivity contribution < 1.29 is 4.74 Å². The van der Waals surface area contributed by atoms with Crippen molar-refractivity contribution in [2.75, 3.05) is 13.7 Å². The maximum atomic E-state index is 6.06. The van der Waals surface area contributed by atoms with Gasteiger partial charge < -0.3 is 15.0 Å². The molecule has 0 aliphatic rings. The lowest BCUT2D eigenvalue weighted by atomic mass is 10.2. The molecule has 0 aromatic carbocycles. The number of nitrogens with zero attached hydrogens (tertiary/aromatic N) is 3. The van der Waals surface area contributed by atoms with Crippen molar-refractivity contribution in [3.8, 4) is 0 Å². The lowest BCUT2D eigenvalue weighted by Gasteiger charge is -2.10. The van der Waals surface area contributed by atoms with Gasteiger partial charge in [0.25, 0.3) is 0 Å². The van der Waals surface area contributed by atoms with Crippen molar-refractivity contribution in [1.82, 2.24) is 14.5 Å². The summed E-state index contributed by atoms with van der Waals surface area (Å²) in [5.41, 5.74) is 8.00. The molecule has 2 rings (SSSR count). The van der Waals surface area contributed by atoms with Gasteiger partial charge in [0, 0.05) is 27.0 Å². The maximum Gasteiger partial charge on any atom is 0.126 e. The van der Waals surface area contributed by atoms with Crippen LogP contribution in [-0.2, 0) is 11.8 Å². The molecule has 0 bridgehead atoms. The number of fused-ring (bicyclic) bond motifs is 1. The molecule has 0 fully saturated rings. The molecule has 16 heavy (non-hydrogen) atoms. The lowest BCUT2D eigenvalue weighted by molar-refractivity contribution is 0.187. The van der Waals surface area contributed by atoms with E-state index in [1.54, 1.807) is 19.5 Å². The zero-order valence-corrected chi connectivity index (χ0v) is 9.55. The Hall–Kier alpha value is -1.46. The van der Waals surface area contributed by atoms with Crippen molar-refractivity contribution >= 4 is 11.0 Å². The van der Waals surface area contributed by atoms with Crippen LogP contribution in [0, 0.1) is 0 Å². The lowest BCUT2D eigenvalue weighted by Crippen LogP contribution is -2.17. The SMILES string of the molecule is COCCC(N)c1nc2cnccc2n1C. The van der Waals surface area contributed by atoms with Crippen molar-refractivity contribution in [2.45, 2.75) is 12.5 Å². The van der Waals surface area contributed by atoms with Crippen LogP contribution in [0.5, 0.6) is 0 Å². The van der Waals surface area contributed by atoms with E-state index in [0.29, 0.717) is 6.61 Å². The summed E-state index contributed by atoms with van der Waals surface area (Å²) in [7, 11) is 3.64. The first kappa shape index (κ1) is 11.0. The quantitative estimate of drug-likeness (QED) is 0.835. The molecule has 0 amide bonds. The summed E-state index contributed by atoms with van der Waals surface area (Å²) in [4.78, 5) is 8.53. The van der Waals surface area contributed by atoms with Crippen LogP contribution in [0.4, 0.5) is 0 Å². The van der Waals surface area contributed by atoms with Crippen LogP contribution in [0.25, 0.3) is 11.0 Å². The number of imidazole rings is 1. The van der Waals surface area contributed by atoms with Gasteiger partial charge in [-0.1, -0.05) is 0 Å². The number of hydrogen-bond acceptors (Lipinski definition) is 4. The molecule has 0 saturated carbocycles. The normalized spacial score (nSPS) is 13.2. The van der Waals surface area contributed by atoms with Crippen molar-refractivity contribution in [1.29, 1.82) is 0 Å². The van der Waals surface area contributed by atoms with Gasteiger partial charge in [0.15, 0.2) is 0 Å². The molecule has 1 atom stereocenters. The molecule has 2 N–H and O–H groups in total. The Bertz CT molecular complexity index is 480. The van der Waals surface area contributed by atoms with Crippen LogP contribution in [0.1, 0.15) is 18.3 Å². The Labute approximate surface area is 94.2 Å². The third-order valence-electron chi connectivity index (χ3n) is 2.68. The highest BCUT2D eigenvalue weighted by atomic mass is 16.5. The van der Waals surface area contributed by atoms with Gasteiger partial charge >= 0.3 is 0 Å². The number of nitrogens with two attached hydrogens (primary N) is 1. The van der Waals surface area contributed by atoms with E-state index >= 15 is 0 Å². The second-order valence-corrected chi connectivity index (χ2v) is 3.78. The van der Waals surface area contributed by atoms with Gasteiger partial charge in [-0.2, -0.15) is 0 Å². The second kappa shape index (κ2) is 4.59. The van der Waals surface area contributed by atoms with Crippen LogP contribution in [0.15, 0.2) is 18.5 Å². The Balaban J connectivity index is 2.33. The van der Waals surface area contributed by atoms with Crippen molar-refractivity contribution in [2.24, 2.45) is 12.8 Å². The molecule has 0 radical (unpaired) electrons. The molecule has 5 heteroatoms. The topological polar surface area (TPSA) is 66.0 Å². The Morgan fingerprint density at radius 3 is 3.06 bits per heavy atom. The van der Waals surface area contributed by atoms with Crippen molar-refractivity contribution in [3.05, 3.63) is 24.3 Å². The zero-order chi connectivity index (χ0) is 11.5. The highest BCUT2D eigenvalue weighted by molar-refractivity contribution is 5.74. The van der Waals surface area contributed by atoms with Gasteiger partial charge in [-0.15, -0.1) is 0 Å². The minimum Gasteiger partial charge on any atom is -0.385 e. The number of aromatic nitrogens is 3. The van der Waals surface area contributed by atoms with Gasteiger partial charge in [-0.3, -0.25) is 4.98 Å². The monoisotopic (exact) mass is 220 g/mol. The van der Waals surface area contributed by atoms with E-state index in [9.17, 15) is 0 Å². The van der Waals surface area contributed by atoms with Crippen LogP contribution in [0.3, 0.4) is 0 Å². The van der Waals surface area contributed by atoms with Gasteiger partial charge in [0.1, 0.15) is 11.3 Å². The van der Waals surface area contributed by atoms with E-state index < -0.39 is 0 Å². The molecule has 0 aliphatic heterocycles. The number of hydrogen-bond donors (Lipinski definition) is 1. The Morgan fingerprint density at radius 1 is 1.56 bits per heavy atom. The van der Waals surface area contributed by atoms with E-state index in [0.717, 1.165) is 23.3 Å². The summed E-state index contributed by atoms with van der Waals surface area (Å²) in [6.07, 6.45) is 4.28. The predicted octanol–water partition coefficient (Wildman–Crippen LogP) is 1.00. The molecular formula is C11H16N4O. The molecule has 2 aromatic heterocycles. The molecule has 1 unspecified atom stereocenters. The smallest absolute Gasteiger partial charge is 0.126 e. The number of pyridine rings is 1. The van der Waals surface area contributed by atoms with Crippen molar-refractivity contribution in [3.63, 3.8) is 0 Å². The fourth-order valence-corrected chi connectivity index (χ4v) is 1.78. The summed E-state index contributed by atoms with van der Waals surface area (Å²) in [6, 6.07) is 1.84. The van der Waals surface area contributed by atoms with Crippen LogP contribution >= 0.6 is 0 Å². The third kappa shape index (κ3) is 1.91. The highest BCUT2D eigenvalue weighted by Crippen LogP contribution is 2.18. The summed E-state index contributed by atoms with van der Waals surface area (Å²) >= 11 is 0. The average Bonchev–Trinajstić information content (AvgIpc) is 2.64. The molecule has 0 spiro atoms. The summed E-state index contributed by atoms with van der Waals surface area (Å²) in [5, 5.41) is 0. The molecule has 5 nitrogen and oxygen atoms in total. The van der Waals surface area contributed by atoms with E-state index in [2.05, 4.69) is 9.97 Å². The Morgan fingerprint density at radius 2 is 2.38 bits per heavy atom. The maximum absolute atomic E-state index is 6.06. The van der Waals surface area contributed by atoms with Crippen LogP contribution in [-0.4, -0.2) is 28.3 Å². The zero-order valence-electron chi connectivity index (χ0n) is 9.55. The molecule has 86 valence electrons. The first-order chi connectivity index (χ1) is 7.74. The number of rotatable bonds is 4. The van der Waals surface area contributed by atoms with Gasteiger partial charge in [-0.05, 0) is 12.5 Å². The van der Waals surface area contributed by atoms with Crippen LogP contribution in [0.2, 0.25) is 0 Å². The van der Waals surface area contributed by atoms with Gasteiger partial charge in [0.05, 0.1) is 17.8 Å². The van der Waals surface area contributed by atoms with Crippen LogP contribution < -0.4 is 5.73 Å². The fourth-order valence-electron chi connectivity index (χ4n) is 1.78. The molecule has 0 saturated heterocycles. The molecule has 2 heterocycles. The minimum atomic E-state index is -0.0997. The van der Waals surface area contributed by atoms with E-state index in [1.165, 1.54) is 0 Å². The van der Waals surface area contributed by atoms with E-state index in [4.69, 9.17) is 10.5 Å². The number of methoxy groups -OCH3 is 1. The standard InChI is InChI=1S/C11H16N4O/c1-15-10-3-5-13-7-9(10)14-11(15)8(12)4-6-16-2/h3,5,7-8H,4,6,12H2,1-2H3. The third-order valence-corrected chi connectivity index (χ3v) is 2.68. The minimum absolute atomic E-state index is 0.0997. The fraction of sp³-hybridized carbons (Fsp3) is 0.455. The number of aryl methyl sites for hydroxylation is 1. The van der Waals surface area contributed by atoms with Gasteiger partial charge in [0.2, 0.25) is 0 Å². The predicted molar refractivity (Wildman–Crippen MR) is 61.9 cm³/mol. The highest BCUT2D eigenvalue weighted by Gasteiger charge is 2.14. The molecule has 2 aromatic rings. The summed E-state index contributed by atoms with van der Waals surface area (Å²) in [5.74, 6) is 0.875. The molecule has 0 aliphatic carbocycles. The summed E-state index contributed by atoms with van der Waals surface area (Å²) in [6.45, 7) is 0.641. The second-order valence-electron chi connectivity index (χ2n) is 3.78. The first-order valence-corrected chi connectivity index (χ1v) is 5.25. The summed E-state index contributed by atoms with van der Waals surface area (Å²) < 4.78 is 7.03. The average molecular weight is 220 g/mol. The Kier molecular flexibility index (Phi) is 3.17. The number of ether oxygens (including phenoxy) is 1. The van der Waals surface area contributed by atoms with E-state index in [-0.39, 0.29) is 6.04 Å². The largest absolute Gasteiger partial charge is 0.385 e. The molecular weight excluding hydrogens is 204 g/mol.